The number of ether oxygens (including phenoxy) is 3. The second kappa shape index (κ2) is 11.0. The Bertz CT molecular complexity index is 1230. The summed E-state index contributed by atoms with van der Waals surface area (Å²) in [4.78, 5) is 17.4. The van der Waals surface area contributed by atoms with Gasteiger partial charge in [0.1, 0.15) is 29.6 Å². The summed E-state index contributed by atoms with van der Waals surface area (Å²) in [6.07, 6.45) is 0.867. The summed E-state index contributed by atoms with van der Waals surface area (Å²) in [5.74, 6) is 2.25. The molecular weight excluding hydrogens is 452 g/mol. The topological polar surface area (TPSA) is 82.8 Å². The van der Waals surface area contributed by atoms with Gasteiger partial charge in [0.25, 0.3) is 5.91 Å². The van der Waals surface area contributed by atoms with Gasteiger partial charge in [-0.1, -0.05) is 24.3 Å². The number of aryl methyl sites for hydroxylation is 1. The lowest BCUT2D eigenvalue weighted by Gasteiger charge is -2.05. The molecule has 2 heterocycles. The number of nitrogens with one attached hydrogen (secondary N) is 1. The van der Waals surface area contributed by atoms with Gasteiger partial charge in [0.2, 0.25) is 0 Å². The summed E-state index contributed by atoms with van der Waals surface area (Å²) in [5, 5.41) is 5.32. The zero-order valence-corrected chi connectivity index (χ0v) is 20.1. The highest BCUT2D eigenvalue weighted by molar-refractivity contribution is 7.14. The molecule has 1 N–H and O–H groups in total. The van der Waals surface area contributed by atoms with Gasteiger partial charge >= 0.3 is 0 Å². The van der Waals surface area contributed by atoms with Crippen LogP contribution in [-0.4, -0.2) is 31.7 Å². The first-order chi connectivity index (χ1) is 16.6. The molecule has 0 atom stereocenters. The molecule has 0 spiro atoms. The predicted octanol–water partition coefficient (Wildman–Crippen LogP) is 5.74. The summed E-state index contributed by atoms with van der Waals surface area (Å²) in [7, 11) is 3.31. The van der Waals surface area contributed by atoms with Crippen molar-refractivity contribution in [1.82, 2.24) is 4.98 Å². The molecule has 0 saturated carbocycles. The van der Waals surface area contributed by atoms with Crippen molar-refractivity contribution in [2.24, 2.45) is 0 Å². The van der Waals surface area contributed by atoms with E-state index in [-0.39, 0.29) is 12.5 Å². The number of aromatic nitrogens is 1. The molecule has 2 aromatic heterocycles. The number of amides is 1. The smallest absolute Gasteiger partial charge is 0.260 e. The van der Waals surface area contributed by atoms with Crippen molar-refractivity contribution >= 4 is 22.4 Å². The van der Waals surface area contributed by atoms with E-state index in [1.807, 2.05) is 41.8 Å². The first kappa shape index (κ1) is 23.5. The number of hydrogen-bond donors (Lipinski definition) is 1. The lowest BCUT2D eigenvalue weighted by Crippen LogP contribution is -2.11. The first-order valence-corrected chi connectivity index (χ1v) is 11.6. The lowest BCUT2D eigenvalue weighted by atomic mass is 10.1. The molecule has 4 rings (SSSR count). The number of anilines is 1. The summed E-state index contributed by atoms with van der Waals surface area (Å²) in [6, 6.07) is 17.2. The van der Waals surface area contributed by atoms with E-state index >= 15 is 0 Å². The van der Waals surface area contributed by atoms with Gasteiger partial charge in [-0.2, -0.15) is 0 Å². The molecule has 0 fully saturated rings. The molecule has 2 aromatic carbocycles. The van der Waals surface area contributed by atoms with Gasteiger partial charge in [-0.05, 0) is 49.2 Å². The van der Waals surface area contributed by atoms with Crippen LogP contribution in [-0.2, 0) is 17.8 Å². The minimum Gasteiger partial charge on any atom is -0.497 e. The molecular formula is C26H26N2O5S. The predicted molar refractivity (Wildman–Crippen MR) is 132 cm³/mol. The zero-order valence-electron chi connectivity index (χ0n) is 19.3. The molecule has 34 heavy (non-hydrogen) atoms. The molecule has 0 aliphatic rings. The van der Waals surface area contributed by atoms with Crippen molar-refractivity contribution < 1.29 is 23.4 Å². The number of benzene rings is 2. The Kier molecular flexibility index (Phi) is 7.61. The van der Waals surface area contributed by atoms with Crippen molar-refractivity contribution in [2.45, 2.75) is 20.0 Å². The second-order valence-corrected chi connectivity index (χ2v) is 8.44. The Morgan fingerprint density at radius 1 is 1.06 bits per heavy atom. The van der Waals surface area contributed by atoms with E-state index < -0.39 is 0 Å². The molecule has 0 aliphatic heterocycles. The van der Waals surface area contributed by atoms with Gasteiger partial charge < -0.3 is 18.6 Å². The number of nitrogens with zero attached hydrogens (tertiary/aromatic N) is 1. The molecule has 0 aliphatic carbocycles. The second-order valence-electron chi connectivity index (χ2n) is 7.58. The van der Waals surface area contributed by atoms with Crippen LogP contribution in [0.15, 0.2) is 64.4 Å². The normalized spacial score (nSPS) is 10.8. The van der Waals surface area contributed by atoms with E-state index in [0.717, 1.165) is 23.4 Å². The minimum absolute atomic E-state index is 0.211. The Morgan fingerprint density at radius 3 is 2.50 bits per heavy atom. The number of carbonyl (C=O) groups excluding carboxylic acids is 1. The van der Waals surface area contributed by atoms with E-state index in [9.17, 15) is 4.79 Å². The molecule has 7 nitrogen and oxygen atoms in total. The van der Waals surface area contributed by atoms with Gasteiger partial charge in [0, 0.05) is 18.1 Å². The van der Waals surface area contributed by atoms with Crippen LogP contribution in [0.2, 0.25) is 0 Å². The third-order valence-electron chi connectivity index (χ3n) is 5.22. The number of carbonyl (C=O) groups is 1. The van der Waals surface area contributed by atoms with Crippen LogP contribution in [0.4, 0.5) is 5.13 Å². The van der Waals surface area contributed by atoms with Crippen molar-refractivity contribution in [3.8, 4) is 22.8 Å². The summed E-state index contributed by atoms with van der Waals surface area (Å²) < 4.78 is 21.7. The quantitative estimate of drug-likeness (QED) is 0.313. The lowest BCUT2D eigenvalue weighted by molar-refractivity contribution is 0.102. The maximum Gasteiger partial charge on any atom is 0.260 e. The average molecular weight is 479 g/mol. The van der Waals surface area contributed by atoms with Crippen LogP contribution < -0.4 is 14.8 Å². The molecule has 0 unspecified atom stereocenters. The summed E-state index contributed by atoms with van der Waals surface area (Å²) >= 11 is 1.38. The Morgan fingerprint density at radius 2 is 1.79 bits per heavy atom. The molecule has 0 saturated heterocycles. The number of hydrogen-bond acceptors (Lipinski definition) is 7. The average Bonchev–Trinajstić information content (AvgIpc) is 3.48. The van der Waals surface area contributed by atoms with E-state index in [4.69, 9.17) is 18.6 Å². The van der Waals surface area contributed by atoms with Crippen LogP contribution >= 0.6 is 11.3 Å². The first-order valence-electron chi connectivity index (χ1n) is 10.8. The number of thiazole rings is 1. The van der Waals surface area contributed by atoms with Crippen LogP contribution in [0.5, 0.6) is 11.5 Å². The summed E-state index contributed by atoms with van der Waals surface area (Å²) in [6.45, 7) is 2.65. The van der Waals surface area contributed by atoms with Crippen molar-refractivity contribution in [2.75, 3.05) is 26.1 Å². The van der Waals surface area contributed by atoms with Crippen LogP contribution in [0, 0.1) is 6.92 Å². The highest BCUT2D eigenvalue weighted by atomic mass is 32.1. The van der Waals surface area contributed by atoms with Crippen LogP contribution in [0.1, 0.15) is 27.4 Å². The highest BCUT2D eigenvalue weighted by Crippen LogP contribution is 2.26. The van der Waals surface area contributed by atoms with Gasteiger partial charge in [0.15, 0.2) is 5.13 Å². The highest BCUT2D eigenvalue weighted by Gasteiger charge is 2.17. The molecule has 4 aromatic rings. The van der Waals surface area contributed by atoms with Gasteiger partial charge in [-0.3, -0.25) is 10.1 Å². The molecule has 8 heteroatoms. The fourth-order valence-electron chi connectivity index (χ4n) is 3.36. The Hall–Kier alpha value is -3.62. The van der Waals surface area contributed by atoms with Crippen molar-refractivity contribution in [3.05, 3.63) is 82.6 Å². The minimum atomic E-state index is -0.271. The summed E-state index contributed by atoms with van der Waals surface area (Å²) in [5.41, 5.74) is 3.47. The Labute approximate surface area is 202 Å². The number of rotatable bonds is 10. The standard InChI is InChI=1S/C26H26N2O5S/c1-17-23(14-22(33-17)15-32-21-10-8-20(31-3)9-11-21)25(29)28-26-27-24(16-34-26)19-6-4-18(5-7-19)12-13-30-2/h4-11,14,16H,12-13,15H2,1-3H3,(H,27,28,29). The van der Waals surface area contributed by atoms with Crippen LogP contribution in [0.3, 0.4) is 0 Å². The number of methoxy groups -OCH3 is 2. The van der Waals surface area contributed by atoms with Gasteiger partial charge in [0.05, 0.1) is 25.0 Å². The van der Waals surface area contributed by atoms with Crippen molar-refractivity contribution in [3.63, 3.8) is 0 Å². The van der Waals surface area contributed by atoms with E-state index in [2.05, 4.69) is 22.4 Å². The maximum atomic E-state index is 12.8. The van der Waals surface area contributed by atoms with Crippen molar-refractivity contribution in [1.29, 1.82) is 0 Å². The fraction of sp³-hybridized carbons (Fsp3) is 0.231. The zero-order chi connectivity index (χ0) is 23.9. The van der Waals surface area contributed by atoms with Gasteiger partial charge in [-0.25, -0.2) is 4.98 Å². The van der Waals surface area contributed by atoms with E-state index in [1.54, 1.807) is 27.2 Å². The Balaban J connectivity index is 1.36. The maximum absolute atomic E-state index is 12.8. The third-order valence-corrected chi connectivity index (χ3v) is 5.98. The molecule has 0 radical (unpaired) electrons. The van der Waals surface area contributed by atoms with E-state index in [1.165, 1.54) is 16.9 Å². The molecule has 176 valence electrons. The van der Waals surface area contributed by atoms with E-state index in [0.29, 0.717) is 34.6 Å². The number of furan rings is 1. The van der Waals surface area contributed by atoms with Crippen LogP contribution in [0.25, 0.3) is 11.3 Å². The third kappa shape index (κ3) is 5.84. The monoisotopic (exact) mass is 478 g/mol. The van der Waals surface area contributed by atoms with Gasteiger partial charge in [-0.15, -0.1) is 11.3 Å². The molecule has 0 bridgehead atoms. The molecule has 1 amide bonds. The SMILES string of the molecule is COCCc1ccc(-c2csc(NC(=O)c3cc(COc4ccc(OC)cc4)oc3C)n2)cc1. The fourth-order valence-corrected chi connectivity index (χ4v) is 4.07. The largest absolute Gasteiger partial charge is 0.497 e.